The highest BCUT2D eigenvalue weighted by Gasteiger charge is 2.37. The lowest BCUT2D eigenvalue weighted by molar-refractivity contribution is -0.160. The number of halogens is 3. The Morgan fingerprint density at radius 2 is 1.81 bits per heavy atom. The second-order valence-electron chi connectivity index (χ2n) is 5.86. The summed E-state index contributed by atoms with van der Waals surface area (Å²) in [6, 6.07) is -1.91. The van der Waals surface area contributed by atoms with E-state index in [9.17, 15) is 22.8 Å². The quantitative estimate of drug-likeness (QED) is 0.792. The van der Waals surface area contributed by atoms with Crippen LogP contribution in [0, 0.1) is 11.8 Å². The molecule has 1 amide bonds. The number of hydrogen-bond donors (Lipinski definition) is 2. The van der Waals surface area contributed by atoms with E-state index in [0.29, 0.717) is 12.3 Å². The molecule has 1 aliphatic carbocycles. The van der Waals surface area contributed by atoms with Gasteiger partial charge in [-0.05, 0) is 12.3 Å². The van der Waals surface area contributed by atoms with Gasteiger partial charge >= 0.3 is 12.1 Å². The first-order chi connectivity index (χ1) is 9.69. The standard InChI is InChI=1S/C14H22F3NO3/c1-9(7-10-5-3-2-4-6-10)12(19)18-11(13(20)21)8-14(15,16)17/h9-11H,2-8H2,1H3,(H,18,19)(H,20,21). The van der Waals surface area contributed by atoms with Crippen molar-refractivity contribution in [3.8, 4) is 0 Å². The van der Waals surface area contributed by atoms with Crippen molar-refractivity contribution in [3.63, 3.8) is 0 Å². The Kier molecular flexibility index (Phi) is 6.48. The van der Waals surface area contributed by atoms with E-state index in [1.54, 1.807) is 6.92 Å². The largest absolute Gasteiger partial charge is 0.480 e. The van der Waals surface area contributed by atoms with E-state index in [1.165, 1.54) is 6.42 Å². The number of amides is 1. The molecule has 0 heterocycles. The summed E-state index contributed by atoms with van der Waals surface area (Å²) in [5, 5.41) is 10.8. The van der Waals surface area contributed by atoms with Crippen molar-refractivity contribution in [1.29, 1.82) is 0 Å². The molecule has 0 bridgehead atoms. The smallest absolute Gasteiger partial charge is 0.391 e. The fourth-order valence-corrected chi connectivity index (χ4v) is 2.78. The van der Waals surface area contributed by atoms with E-state index in [4.69, 9.17) is 5.11 Å². The van der Waals surface area contributed by atoms with Crippen molar-refractivity contribution in [2.24, 2.45) is 11.8 Å². The van der Waals surface area contributed by atoms with Crippen LogP contribution in [-0.2, 0) is 9.59 Å². The monoisotopic (exact) mass is 309 g/mol. The van der Waals surface area contributed by atoms with E-state index >= 15 is 0 Å². The number of nitrogens with one attached hydrogen (secondary N) is 1. The molecule has 21 heavy (non-hydrogen) atoms. The molecule has 1 rings (SSSR count). The Hall–Kier alpha value is -1.27. The van der Waals surface area contributed by atoms with Crippen molar-refractivity contribution < 1.29 is 27.9 Å². The average molecular weight is 309 g/mol. The van der Waals surface area contributed by atoms with Gasteiger partial charge in [0.2, 0.25) is 5.91 Å². The predicted octanol–water partition coefficient (Wildman–Crippen LogP) is 3.11. The summed E-state index contributed by atoms with van der Waals surface area (Å²) >= 11 is 0. The number of carbonyl (C=O) groups excluding carboxylic acids is 1. The third-order valence-electron chi connectivity index (χ3n) is 3.91. The number of aliphatic carboxylic acids is 1. The van der Waals surface area contributed by atoms with Crippen molar-refractivity contribution in [2.75, 3.05) is 0 Å². The Morgan fingerprint density at radius 1 is 1.24 bits per heavy atom. The topological polar surface area (TPSA) is 66.4 Å². The lowest BCUT2D eigenvalue weighted by Crippen LogP contribution is -2.45. The predicted molar refractivity (Wildman–Crippen MR) is 70.6 cm³/mol. The summed E-state index contributed by atoms with van der Waals surface area (Å²) in [5.41, 5.74) is 0. The van der Waals surface area contributed by atoms with Crippen molar-refractivity contribution >= 4 is 11.9 Å². The van der Waals surface area contributed by atoms with Gasteiger partial charge in [-0.2, -0.15) is 13.2 Å². The van der Waals surface area contributed by atoms with Crippen LogP contribution < -0.4 is 5.32 Å². The molecule has 2 atom stereocenters. The highest BCUT2D eigenvalue weighted by atomic mass is 19.4. The minimum atomic E-state index is -4.62. The van der Waals surface area contributed by atoms with Gasteiger partial charge in [0.1, 0.15) is 6.04 Å². The van der Waals surface area contributed by atoms with E-state index in [0.717, 1.165) is 25.7 Å². The zero-order chi connectivity index (χ0) is 16.0. The molecule has 4 nitrogen and oxygen atoms in total. The van der Waals surface area contributed by atoms with Gasteiger partial charge in [-0.25, -0.2) is 4.79 Å². The third kappa shape index (κ3) is 6.82. The molecule has 1 aliphatic rings. The molecule has 0 saturated heterocycles. The Labute approximate surface area is 122 Å². The molecule has 0 aromatic rings. The SMILES string of the molecule is CC(CC1CCCCC1)C(=O)NC(CC(F)(F)F)C(=O)O. The van der Waals surface area contributed by atoms with Crippen molar-refractivity contribution in [3.05, 3.63) is 0 Å². The van der Waals surface area contributed by atoms with Crippen LogP contribution in [0.5, 0.6) is 0 Å². The van der Waals surface area contributed by atoms with Gasteiger partial charge in [-0.1, -0.05) is 39.0 Å². The van der Waals surface area contributed by atoms with E-state index < -0.39 is 36.4 Å². The van der Waals surface area contributed by atoms with Crippen LogP contribution in [0.15, 0.2) is 0 Å². The highest BCUT2D eigenvalue weighted by Crippen LogP contribution is 2.29. The molecule has 0 radical (unpaired) electrons. The maximum atomic E-state index is 12.3. The van der Waals surface area contributed by atoms with Gasteiger partial charge in [-0.15, -0.1) is 0 Å². The van der Waals surface area contributed by atoms with E-state index in [-0.39, 0.29) is 0 Å². The summed E-state index contributed by atoms with van der Waals surface area (Å²) in [6.07, 6.45) is -0.0954. The first kappa shape index (κ1) is 17.8. The molecular weight excluding hydrogens is 287 g/mol. The lowest BCUT2D eigenvalue weighted by atomic mass is 9.83. The zero-order valence-electron chi connectivity index (χ0n) is 12.1. The molecule has 1 saturated carbocycles. The molecular formula is C14H22F3NO3. The van der Waals surface area contributed by atoms with Crippen molar-refractivity contribution in [2.45, 2.75) is 64.1 Å². The van der Waals surface area contributed by atoms with Crippen molar-refractivity contribution in [1.82, 2.24) is 5.32 Å². The Balaban J connectivity index is 2.49. The van der Waals surface area contributed by atoms with Gasteiger partial charge in [0.25, 0.3) is 0 Å². The number of carboxylic acids is 1. The molecule has 0 aromatic carbocycles. The molecule has 2 N–H and O–H groups in total. The Morgan fingerprint density at radius 3 is 2.29 bits per heavy atom. The first-order valence-electron chi connectivity index (χ1n) is 7.29. The molecule has 7 heteroatoms. The van der Waals surface area contributed by atoms with Crippen LogP contribution in [0.3, 0.4) is 0 Å². The van der Waals surface area contributed by atoms with Gasteiger partial charge < -0.3 is 10.4 Å². The number of carboxylic acid groups (broad SMARTS) is 1. The summed E-state index contributed by atoms with van der Waals surface area (Å²) in [6.45, 7) is 1.64. The third-order valence-corrected chi connectivity index (χ3v) is 3.91. The number of rotatable bonds is 6. The second kappa shape index (κ2) is 7.66. The molecule has 0 aliphatic heterocycles. The van der Waals surface area contributed by atoms with Gasteiger partial charge in [0.05, 0.1) is 6.42 Å². The summed E-state index contributed by atoms with van der Waals surface area (Å²) < 4.78 is 36.8. The number of alkyl halides is 3. The van der Waals surface area contributed by atoms with Crippen LogP contribution in [0.2, 0.25) is 0 Å². The molecule has 2 unspecified atom stereocenters. The van der Waals surface area contributed by atoms with Crippen LogP contribution in [0.1, 0.15) is 51.9 Å². The fourth-order valence-electron chi connectivity index (χ4n) is 2.78. The summed E-state index contributed by atoms with van der Waals surface area (Å²) in [4.78, 5) is 22.7. The lowest BCUT2D eigenvalue weighted by Gasteiger charge is -2.25. The van der Waals surface area contributed by atoms with Crippen LogP contribution in [0.4, 0.5) is 13.2 Å². The van der Waals surface area contributed by atoms with Crippen LogP contribution in [0.25, 0.3) is 0 Å². The summed E-state index contributed by atoms with van der Waals surface area (Å²) in [7, 11) is 0. The van der Waals surface area contributed by atoms with Crippen LogP contribution in [-0.4, -0.2) is 29.2 Å². The average Bonchev–Trinajstić information content (AvgIpc) is 2.37. The molecule has 1 fully saturated rings. The number of carbonyl (C=O) groups is 2. The van der Waals surface area contributed by atoms with Gasteiger partial charge in [0, 0.05) is 5.92 Å². The van der Waals surface area contributed by atoms with E-state index in [2.05, 4.69) is 0 Å². The maximum Gasteiger partial charge on any atom is 0.391 e. The molecule has 0 aromatic heterocycles. The normalized spacial score (nSPS) is 19.8. The maximum absolute atomic E-state index is 12.3. The van der Waals surface area contributed by atoms with Gasteiger partial charge in [-0.3, -0.25) is 4.79 Å². The molecule has 122 valence electrons. The minimum Gasteiger partial charge on any atom is -0.480 e. The zero-order valence-corrected chi connectivity index (χ0v) is 12.1. The first-order valence-corrected chi connectivity index (χ1v) is 7.29. The van der Waals surface area contributed by atoms with E-state index in [1.807, 2.05) is 5.32 Å². The highest BCUT2D eigenvalue weighted by molar-refractivity contribution is 5.84. The fraction of sp³-hybridized carbons (Fsp3) is 0.857. The summed E-state index contributed by atoms with van der Waals surface area (Å²) in [5.74, 6) is -2.34. The Bertz CT molecular complexity index is 365. The van der Waals surface area contributed by atoms with Gasteiger partial charge in [0.15, 0.2) is 0 Å². The van der Waals surface area contributed by atoms with Crippen LogP contribution >= 0.6 is 0 Å². The second-order valence-corrected chi connectivity index (χ2v) is 5.86. The molecule has 0 spiro atoms. The number of hydrogen-bond acceptors (Lipinski definition) is 2. The minimum absolute atomic E-state index is 0.408.